The zero-order chi connectivity index (χ0) is 18.3. The highest BCUT2D eigenvalue weighted by Gasteiger charge is 2.20. The van der Waals surface area contributed by atoms with Crippen molar-refractivity contribution < 1.29 is 14.3 Å². The normalized spacial score (nSPS) is 11.9. The van der Waals surface area contributed by atoms with Crippen molar-refractivity contribution in [2.45, 2.75) is 39.0 Å². The van der Waals surface area contributed by atoms with Gasteiger partial charge in [0, 0.05) is 0 Å². The summed E-state index contributed by atoms with van der Waals surface area (Å²) >= 11 is 0. The van der Waals surface area contributed by atoms with Gasteiger partial charge in [-0.2, -0.15) is 5.26 Å². The quantitative estimate of drug-likeness (QED) is 0.879. The molecular weight excluding hydrogens is 316 g/mol. The summed E-state index contributed by atoms with van der Waals surface area (Å²) in [5, 5.41) is 11.9. The Hall–Kier alpha value is -3.00. The van der Waals surface area contributed by atoms with Crippen LogP contribution in [0.2, 0.25) is 0 Å². The average Bonchev–Trinajstić information content (AvgIpc) is 2.58. The molecule has 1 unspecified atom stereocenters. The van der Waals surface area contributed by atoms with E-state index in [4.69, 9.17) is 9.47 Å². The molecule has 5 heteroatoms. The van der Waals surface area contributed by atoms with Gasteiger partial charge in [0.05, 0.1) is 6.07 Å². The minimum atomic E-state index is -0.780. The lowest BCUT2D eigenvalue weighted by atomic mass is 10.1. The van der Waals surface area contributed by atoms with E-state index < -0.39 is 17.7 Å². The largest absolute Gasteiger partial charge is 0.489 e. The minimum absolute atomic E-state index is 0.470. The SMILES string of the molecule is CC(C)(C)OC(=O)NC(C#N)c1ccc(OCc2ccccc2)cc1. The Morgan fingerprint density at radius 3 is 2.32 bits per heavy atom. The molecule has 0 saturated carbocycles. The molecule has 2 aromatic rings. The third kappa shape index (κ3) is 6.19. The molecule has 25 heavy (non-hydrogen) atoms. The number of benzene rings is 2. The summed E-state index contributed by atoms with van der Waals surface area (Å²) in [4.78, 5) is 11.8. The summed E-state index contributed by atoms with van der Waals surface area (Å²) in [6.07, 6.45) is -0.622. The van der Waals surface area contributed by atoms with Crippen molar-refractivity contribution in [3.63, 3.8) is 0 Å². The number of amides is 1. The lowest BCUT2D eigenvalue weighted by molar-refractivity contribution is 0.0515. The molecule has 0 radical (unpaired) electrons. The molecule has 0 bridgehead atoms. The number of hydrogen-bond acceptors (Lipinski definition) is 4. The van der Waals surface area contributed by atoms with Crippen molar-refractivity contribution in [3.05, 3.63) is 65.7 Å². The molecule has 0 fully saturated rings. The smallest absolute Gasteiger partial charge is 0.408 e. The first kappa shape index (κ1) is 18.3. The molecule has 0 saturated heterocycles. The highest BCUT2D eigenvalue weighted by molar-refractivity contribution is 5.69. The third-order valence-corrected chi connectivity index (χ3v) is 3.25. The highest BCUT2D eigenvalue weighted by atomic mass is 16.6. The van der Waals surface area contributed by atoms with Gasteiger partial charge in [0.15, 0.2) is 0 Å². The number of nitrogens with one attached hydrogen (secondary N) is 1. The van der Waals surface area contributed by atoms with Crippen LogP contribution in [0.4, 0.5) is 4.79 Å². The second-order valence-corrected chi connectivity index (χ2v) is 6.55. The van der Waals surface area contributed by atoms with Crippen LogP contribution >= 0.6 is 0 Å². The lowest BCUT2D eigenvalue weighted by Crippen LogP contribution is -2.34. The molecular formula is C20H22N2O3. The van der Waals surface area contributed by atoms with Gasteiger partial charge in [0.1, 0.15) is 24.0 Å². The number of hydrogen-bond donors (Lipinski definition) is 1. The zero-order valence-corrected chi connectivity index (χ0v) is 14.7. The topological polar surface area (TPSA) is 71.3 Å². The molecule has 0 aliphatic carbocycles. The number of rotatable bonds is 5. The number of carbonyl (C=O) groups is 1. The second-order valence-electron chi connectivity index (χ2n) is 6.55. The first-order valence-corrected chi connectivity index (χ1v) is 8.03. The molecule has 5 nitrogen and oxygen atoms in total. The van der Waals surface area contributed by atoms with Crippen molar-refractivity contribution >= 4 is 6.09 Å². The Labute approximate surface area is 148 Å². The van der Waals surface area contributed by atoms with Crippen LogP contribution in [-0.2, 0) is 11.3 Å². The van der Waals surface area contributed by atoms with Crippen LogP contribution in [0.25, 0.3) is 0 Å². The number of nitriles is 1. The van der Waals surface area contributed by atoms with Gasteiger partial charge in [-0.3, -0.25) is 0 Å². The van der Waals surface area contributed by atoms with Gasteiger partial charge in [0.25, 0.3) is 0 Å². The summed E-state index contributed by atoms with van der Waals surface area (Å²) in [5.41, 5.74) is 1.13. The maximum Gasteiger partial charge on any atom is 0.408 e. The van der Waals surface area contributed by atoms with Crippen LogP contribution in [-0.4, -0.2) is 11.7 Å². The van der Waals surface area contributed by atoms with Crippen molar-refractivity contribution in [2.75, 3.05) is 0 Å². The second kappa shape index (κ2) is 8.20. The van der Waals surface area contributed by atoms with Gasteiger partial charge in [0.2, 0.25) is 0 Å². The molecule has 0 spiro atoms. The standard InChI is InChI=1S/C20H22N2O3/c1-20(2,3)25-19(23)22-18(13-21)16-9-11-17(12-10-16)24-14-15-7-5-4-6-8-15/h4-12,18H,14H2,1-3H3,(H,22,23). The predicted molar refractivity (Wildman–Crippen MR) is 94.9 cm³/mol. The molecule has 2 rings (SSSR count). The van der Waals surface area contributed by atoms with Crippen LogP contribution in [0.3, 0.4) is 0 Å². The predicted octanol–water partition coefficient (Wildman–Crippen LogP) is 4.35. The Bertz CT molecular complexity index is 728. The van der Waals surface area contributed by atoms with E-state index in [-0.39, 0.29) is 0 Å². The number of alkyl carbamates (subject to hydrolysis) is 1. The molecule has 2 aromatic carbocycles. The Morgan fingerprint density at radius 2 is 1.76 bits per heavy atom. The fourth-order valence-corrected chi connectivity index (χ4v) is 2.11. The van der Waals surface area contributed by atoms with Crippen LogP contribution in [0.5, 0.6) is 5.75 Å². The summed E-state index contributed by atoms with van der Waals surface area (Å²) in [6.45, 7) is 5.78. The van der Waals surface area contributed by atoms with Crippen LogP contribution in [0.1, 0.15) is 37.9 Å². The van der Waals surface area contributed by atoms with Crippen molar-refractivity contribution in [2.24, 2.45) is 0 Å². The highest BCUT2D eigenvalue weighted by Crippen LogP contribution is 2.19. The molecule has 1 N–H and O–H groups in total. The molecule has 0 aromatic heterocycles. The minimum Gasteiger partial charge on any atom is -0.489 e. The van der Waals surface area contributed by atoms with Gasteiger partial charge in [-0.25, -0.2) is 4.79 Å². The Morgan fingerprint density at radius 1 is 1.12 bits per heavy atom. The molecule has 1 atom stereocenters. The lowest BCUT2D eigenvalue weighted by Gasteiger charge is -2.21. The van der Waals surface area contributed by atoms with Crippen molar-refractivity contribution in [1.29, 1.82) is 5.26 Å². The van der Waals surface area contributed by atoms with E-state index in [1.807, 2.05) is 30.3 Å². The average molecular weight is 338 g/mol. The van der Waals surface area contributed by atoms with Gasteiger partial charge in [-0.15, -0.1) is 0 Å². The van der Waals surface area contributed by atoms with E-state index in [9.17, 15) is 10.1 Å². The zero-order valence-electron chi connectivity index (χ0n) is 14.7. The van der Waals surface area contributed by atoms with E-state index in [0.29, 0.717) is 17.9 Å². The van der Waals surface area contributed by atoms with Gasteiger partial charge < -0.3 is 14.8 Å². The third-order valence-electron chi connectivity index (χ3n) is 3.25. The van der Waals surface area contributed by atoms with Gasteiger partial charge in [-0.1, -0.05) is 42.5 Å². The fourth-order valence-electron chi connectivity index (χ4n) is 2.11. The Balaban J connectivity index is 1.95. The number of carbonyl (C=O) groups excluding carboxylic acids is 1. The summed E-state index contributed by atoms with van der Waals surface area (Å²) in [7, 11) is 0. The van der Waals surface area contributed by atoms with Crippen molar-refractivity contribution in [3.8, 4) is 11.8 Å². The fraction of sp³-hybridized carbons (Fsp3) is 0.300. The van der Waals surface area contributed by atoms with E-state index >= 15 is 0 Å². The number of ether oxygens (including phenoxy) is 2. The van der Waals surface area contributed by atoms with Crippen molar-refractivity contribution in [1.82, 2.24) is 5.32 Å². The molecule has 0 aliphatic rings. The van der Waals surface area contributed by atoms with E-state index in [1.165, 1.54) is 0 Å². The maximum atomic E-state index is 11.8. The first-order valence-electron chi connectivity index (χ1n) is 8.03. The summed E-state index contributed by atoms with van der Waals surface area (Å²) < 4.78 is 10.9. The van der Waals surface area contributed by atoms with Crippen LogP contribution in [0, 0.1) is 11.3 Å². The summed E-state index contributed by atoms with van der Waals surface area (Å²) in [6, 6.07) is 18.2. The van der Waals surface area contributed by atoms with Crippen LogP contribution < -0.4 is 10.1 Å². The Kier molecular flexibility index (Phi) is 6.02. The van der Waals surface area contributed by atoms with Gasteiger partial charge in [-0.05, 0) is 44.0 Å². The van der Waals surface area contributed by atoms with E-state index in [2.05, 4.69) is 11.4 Å². The first-order chi connectivity index (χ1) is 11.9. The molecule has 0 heterocycles. The molecule has 1 amide bonds. The number of nitrogens with zero attached hydrogens (tertiary/aromatic N) is 1. The molecule has 130 valence electrons. The monoisotopic (exact) mass is 338 g/mol. The van der Waals surface area contributed by atoms with Crippen LogP contribution in [0.15, 0.2) is 54.6 Å². The van der Waals surface area contributed by atoms with E-state index in [0.717, 1.165) is 5.56 Å². The van der Waals surface area contributed by atoms with Gasteiger partial charge >= 0.3 is 6.09 Å². The summed E-state index contributed by atoms with van der Waals surface area (Å²) in [5.74, 6) is 0.696. The maximum absolute atomic E-state index is 11.8. The van der Waals surface area contributed by atoms with E-state index in [1.54, 1.807) is 45.0 Å². The molecule has 0 aliphatic heterocycles.